The van der Waals surface area contributed by atoms with Crippen LogP contribution in [0.25, 0.3) is 11.5 Å². The van der Waals surface area contributed by atoms with Crippen LogP contribution in [0.2, 0.25) is 0 Å². The molecule has 0 unspecified atom stereocenters. The maximum Gasteiger partial charge on any atom is 0.322 e. The predicted octanol–water partition coefficient (Wildman–Crippen LogP) is 3.62. The maximum atomic E-state index is 12.2. The van der Waals surface area contributed by atoms with E-state index in [0.29, 0.717) is 5.56 Å². The number of hydrogen-bond acceptors (Lipinski definition) is 7. The number of nitro benzene ring substituents is 1. The van der Waals surface area contributed by atoms with Crippen molar-refractivity contribution < 1.29 is 14.1 Å². The van der Waals surface area contributed by atoms with E-state index in [4.69, 9.17) is 4.42 Å². The number of rotatable bonds is 5. The summed E-state index contributed by atoms with van der Waals surface area (Å²) in [5, 5.41) is 21.0. The summed E-state index contributed by atoms with van der Waals surface area (Å²) in [4.78, 5) is 23.7. The van der Waals surface area contributed by atoms with Crippen LogP contribution in [0.5, 0.6) is 0 Å². The molecule has 0 bridgehead atoms. The second-order valence-corrected chi connectivity index (χ2v) is 5.75. The predicted molar refractivity (Wildman–Crippen MR) is 92.6 cm³/mol. The number of nitro groups is 1. The zero-order valence-corrected chi connectivity index (χ0v) is 13.8. The fraction of sp³-hybridized carbons (Fsp3) is 0.0625. The van der Waals surface area contributed by atoms with Crippen molar-refractivity contribution in [2.45, 2.75) is 4.90 Å². The van der Waals surface area contributed by atoms with Crippen molar-refractivity contribution in [3.63, 3.8) is 0 Å². The van der Waals surface area contributed by atoms with Crippen molar-refractivity contribution in [2.75, 3.05) is 11.6 Å². The summed E-state index contributed by atoms with van der Waals surface area (Å²) in [7, 11) is 0. The number of carbonyl (C=O) groups is 1. The van der Waals surface area contributed by atoms with Crippen LogP contribution in [0.1, 0.15) is 10.4 Å². The van der Waals surface area contributed by atoms with Crippen LogP contribution in [-0.2, 0) is 0 Å². The number of anilines is 1. The molecule has 1 amide bonds. The van der Waals surface area contributed by atoms with Crippen LogP contribution in [0, 0.1) is 10.1 Å². The van der Waals surface area contributed by atoms with E-state index >= 15 is 0 Å². The van der Waals surface area contributed by atoms with Gasteiger partial charge in [-0.1, -0.05) is 17.2 Å². The van der Waals surface area contributed by atoms with E-state index in [0.717, 1.165) is 4.90 Å². The quantitative estimate of drug-likeness (QED) is 0.422. The van der Waals surface area contributed by atoms with Gasteiger partial charge in [0.2, 0.25) is 5.89 Å². The molecule has 0 atom stereocenters. The first-order valence-corrected chi connectivity index (χ1v) is 8.33. The molecular weight excluding hydrogens is 344 g/mol. The minimum atomic E-state index is -0.694. The zero-order valence-electron chi connectivity index (χ0n) is 13.0. The van der Waals surface area contributed by atoms with Crippen molar-refractivity contribution in [1.29, 1.82) is 0 Å². The van der Waals surface area contributed by atoms with E-state index in [1.807, 2.05) is 30.5 Å². The lowest BCUT2D eigenvalue weighted by Crippen LogP contribution is -2.14. The number of hydrogen-bond donors (Lipinski definition) is 1. The highest BCUT2D eigenvalue weighted by molar-refractivity contribution is 7.98. The summed E-state index contributed by atoms with van der Waals surface area (Å²) >= 11 is 1.61. The summed E-state index contributed by atoms with van der Waals surface area (Å²) in [6, 6.07) is 13.0. The summed E-state index contributed by atoms with van der Waals surface area (Å²) in [6.45, 7) is 0. The molecule has 1 aromatic heterocycles. The minimum Gasteiger partial charge on any atom is -0.403 e. The zero-order chi connectivity index (χ0) is 17.8. The molecule has 0 saturated heterocycles. The van der Waals surface area contributed by atoms with Gasteiger partial charge in [0.25, 0.3) is 11.6 Å². The molecule has 126 valence electrons. The molecule has 0 fully saturated rings. The third kappa shape index (κ3) is 3.66. The minimum absolute atomic E-state index is 0.0865. The Kier molecular flexibility index (Phi) is 4.75. The average Bonchev–Trinajstić information content (AvgIpc) is 3.10. The molecule has 0 saturated carbocycles. The van der Waals surface area contributed by atoms with E-state index in [1.54, 1.807) is 11.8 Å². The molecule has 9 heteroatoms. The highest BCUT2D eigenvalue weighted by Crippen LogP contribution is 2.24. The van der Waals surface area contributed by atoms with Crippen molar-refractivity contribution in [1.82, 2.24) is 10.2 Å². The summed E-state index contributed by atoms with van der Waals surface area (Å²) < 4.78 is 5.40. The molecule has 2 aromatic carbocycles. The molecule has 8 nitrogen and oxygen atoms in total. The smallest absolute Gasteiger partial charge is 0.322 e. The Morgan fingerprint density at radius 3 is 2.56 bits per heavy atom. The highest BCUT2D eigenvalue weighted by Gasteiger charge is 2.21. The largest absolute Gasteiger partial charge is 0.403 e. The van der Waals surface area contributed by atoms with E-state index in [1.165, 1.54) is 24.3 Å². The first-order chi connectivity index (χ1) is 12.1. The van der Waals surface area contributed by atoms with E-state index in [2.05, 4.69) is 15.5 Å². The van der Waals surface area contributed by atoms with E-state index in [9.17, 15) is 14.9 Å². The lowest BCUT2D eigenvalue weighted by atomic mass is 10.1. The number of carbonyl (C=O) groups excluding carboxylic acids is 1. The fourth-order valence-corrected chi connectivity index (χ4v) is 2.52. The number of para-hydroxylation sites is 1. The molecule has 3 aromatic rings. The molecule has 25 heavy (non-hydrogen) atoms. The molecule has 0 spiro atoms. The first kappa shape index (κ1) is 16.7. The molecular formula is C16H12N4O4S. The number of aromatic nitrogens is 2. The normalized spacial score (nSPS) is 10.4. The number of amides is 1. The van der Waals surface area contributed by atoms with Gasteiger partial charge >= 0.3 is 6.01 Å². The Morgan fingerprint density at radius 1 is 1.16 bits per heavy atom. The summed E-state index contributed by atoms with van der Waals surface area (Å²) in [5.74, 6) is -0.453. The molecule has 0 aliphatic carbocycles. The van der Waals surface area contributed by atoms with Gasteiger partial charge in [-0.25, -0.2) is 0 Å². The molecule has 0 aliphatic rings. The second-order valence-electron chi connectivity index (χ2n) is 4.87. The van der Waals surface area contributed by atoms with Crippen LogP contribution in [0.3, 0.4) is 0 Å². The monoisotopic (exact) mass is 356 g/mol. The summed E-state index contributed by atoms with van der Waals surface area (Å²) in [6.07, 6.45) is 1.97. The average molecular weight is 356 g/mol. The highest BCUT2D eigenvalue weighted by atomic mass is 32.2. The number of thioether (sulfide) groups is 1. The number of nitrogens with one attached hydrogen (secondary N) is 1. The van der Waals surface area contributed by atoms with Crippen molar-refractivity contribution >= 4 is 29.4 Å². The van der Waals surface area contributed by atoms with Crippen molar-refractivity contribution in [3.05, 3.63) is 64.2 Å². The van der Waals surface area contributed by atoms with Gasteiger partial charge in [0.05, 0.1) is 4.92 Å². The van der Waals surface area contributed by atoms with Crippen LogP contribution in [0.15, 0.2) is 57.8 Å². The van der Waals surface area contributed by atoms with E-state index < -0.39 is 10.8 Å². The lowest BCUT2D eigenvalue weighted by Gasteiger charge is -2.01. The Bertz CT molecular complexity index is 924. The topological polar surface area (TPSA) is 111 Å². The van der Waals surface area contributed by atoms with Gasteiger partial charge in [-0.3, -0.25) is 20.2 Å². The van der Waals surface area contributed by atoms with Crippen LogP contribution in [0.4, 0.5) is 11.7 Å². The molecule has 3 rings (SSSR count). The number of benzene rings is 2. The van der Waals surface area contributed by atoms with Crippen LogP contribution >= 0.6 is 11.8 Å². The van der Waals surface area contributed by atoms with Crippen molar-refractivity contribution in [3.8, 4) is 11.5 Å². The Balaban J connectivity index is 1.79. The van der Waals surface area contributed by atoms with Gasteiger partial charge < -0.3 is 4.42 Å². The van der Waals surface area contributed by atoms with Gasteiger partial charge in [0.15, 0.2) is 0 Å². The Hall–Kier alpha value is -3.20. The first-order valence-electron chi connectivity index (χ1n) is 7.11. The Labute approximate surface area is 146 Å². The van der Waals surface area contributed by atoms with Gasteiger partial charge in [-0.05, 0) is 36.6 Å². The SMILES string of the molecule is CSc1ccc(-c2nnc(NC(=O)c3ccccc3[N+](=O)[O-])o2)cc1. The fourth-order valence-electron chi connectivity index (χ4n) is 2.11. The molecule has 0 aliphatic heterocycles. The number of nitrogens with zero attached hydrogens (tertiary/aromatic N) is 3. The third-order valence-electron chi connectivity index (χ3n) is 3.33. The third-order valence-corrected chi connectivity index (χ3v) is 4.07. The Morgan fingerprint density at radius 2 is 1.88 bits per heavy atom. The summed E-state index contributed by atoms with van der Waals surface area (Å²) in [5.41, 5.74) is 0.320. The second kappa shape index (κ2) is 7.14. The van der Waals surface area contributed by atoms with Gasteiger partial charge in [-0.2, -0.15) is 0 Å². The van der Waals surface area contributed by atoms with Crippen molar-refractivity contribution in [2.24, 2.45) is 0 Å². The lowest BCUT2D eigenvalue weighted by molar-refractivity contribution is -0.385. The van der Waals surface area contributed by atoms with E-state index in [-0.39, 0.29) is 23.2 Å². The molecule has 0 radical (unpaired) electrons. The van der Waals surface area contributed by atoms with Gasteiger partial charge in [-0.15, -0.1) is 16.9 Å². The van der Waals surface area contributed by atoms with Gasteiger partial charge in [0, 0.05) is 16.5 Å². The van der Waals surface area contributed by atoms with Crippen LogP contribution < -0.4 is 5.32 Å². The molecule has 1 N–H and O–H groups in total. The van der Waals surface area contributed by atoms with Gasteiger partial charge in [0.1, 0.15) is 5.56 Å². The van der Waals surface area contributed by atoms with Crippen LogP contribution in [-0.4, -0.2) is 27.3 Å². The molecule has 1 heterocycles. The standard InChI is InChI=1S/C16H12N4O4S/c1-25-11-8-6-10(7-9-11)15-18-19-16(24-15)17-14(21)12-4-2-3-5-13(12)20(22)23/h2-9H,1H3,(H,17,19,21). The maximum absolute atomic E-state index is 12.2.